The van der Waals surface area contributed by atoms with Gasteiger partial charge in [-0.25, -0.2) is 0 Å². The van der Waals surface area contributed by atoms with Crippen LogP contribution in [0, 0.1) is 0 Å². The number of carbonyl (C=O) groups excluding carboxylic acids is 1. The zero-order valence-electron chi connectivity index (χ0n) is 10.2. The van der Waals surface area contributed by atoms with Crippen molar-refractivity contribution in [3.05, 3.63) is 35.6 Å². The largest absolute Gasteiger partial charge is 0.395 e. The first-order chi connectivity index (χ1) is 8.67. The molecule has 1 heterocycles. The first-order valence-corrected chi connectivity index (χ1v) is 6.43. The molecule has 0 aliphatic heterocycles. The molecule has 98 valence electrons. The van der Waals surface area contributed by atoms with E-state index in [9.17, 15) is 4.79 Å². The lowest BCUT2D eigenvalue weighted by molar-refractivity contribution is 0.0732. The van der Waals surface area contributed by atoms with Gasteiger partial charge in [-0.05, 0) is 18.9 Å². The van der Waals surface area contributed by atoms with E-state index >= 15 is 0 Å². The van der Waals surface area contributed by atoms with Crippen molar-refractivity contribution < 1.29 is 9.90 Å². The Morgan fingerprint density at radius 2 is 2.39 bits per heavy atom. The Bertz CT molecular complexity index is 452. The van der Waals surface area contributed by atoms with Crippen molar-refractivity contribution in [2.24, 2.45) is 0 Å². The minimum Gasteiger partial charge on any atom is -0.395 e. The van der Waals surface area contributed by atoms with Crippen molar-refractivity contribution in [2.75, 3.05) is 19.7 Å². The number of aliphatic hydroxyl groups excluding tert-OH is 1. The van der Waals surface area contributed by atoms with Crippen LogP contribution in [-0.4, -0.2) is 40.2 Å². The van der Waals surface area contributed by atoms with E-state index in [0.717, 1.165) is 12.8 Å². The van der Waals surface area contributed by atoms with Crippen LogP contribution >= 0.6 is 11.6 Å². The van der Waals surface area contributed by atoms with E-state index in [2.05, 4.69) is 6.58 Å². The molecule has 0 atom stereocenters. The average molecular weight is 269 g/mol. The van der Waals surface area contributed by atoms with Gasteiger partial charge in [0.15, 0.2) is 0 Å². The van der Waals surface area contributed by atoms with Gasteiger partial charge in [-0.1, -0.05) is 17.7 Å². The second kappa shape index (κ2) is 5.59. The summed E-state index contributed by atoms with van der Waals surface area (Å²) in [5, 5.41) is 9.57. The second-order valence-electron chi connectivity index (χ2n) is 4.45. The Balaban J connectivity index is 2.22. The third kappa shape index (κ3) is 2.76. The predicted octanol–water partition coefficient (Wildman–Crippen LogP) is 2.10. The molecule has 1 N–H and O–H groups in total. The quantitative estimate of drug-likeness (QED) is 0.803. The highest BCUT2D eigenvalue weighted by Gasteiger charge is 2.29. The van der Waals surface area contributed by atoms with E-state index in [4.69, 9.17) is 16.7 Å². The Morgan fingerprint density at radius 3 is 2.94 bits per heavy atom. The maximum absolute atomic E-state index is 12.4. The fraction of sp³-hybridized carbons (Fsp3) is 0.462. The molecule has 1 saturated carbocycles. The molecule has 0 unspecified atom stereocenters. The number of halogens is 1. The Morgan fingerprint density at radius 1 is 1.67 bits per heavy atom. The summed E-state index contributed by atoms with van der Waals surface area (Å²) in [4.78, 5) is 13.9. The maximum atomic E-state index is 12.4. The molecule has 0 spiro atoms. The summed E-state index contributed by atoms with van der Waals surface area (Å²) in [5.74, 6) is -0.109. The van der Waals surface area contributed by atoms with Crippen LogP contribution in [0.5, 0.6) is 0 Å². The summed E-state index contributed by atoms with van der Waals surface area (Å²) < 4.78 is 1.94. The van der Waals surface area contributed by atoms with Crippen LogP contribution in [0.1, 0.15) is 29.4 Å². The molecule has 1 aromatic heterocycles. The molecule has 18 heavy (non-hydrogen) atoms. The van der Waals surface area contributed by atoms with E-state index in [1.165, 1.54) is 0 Å². The minimum absolute atomic E-state index is 0.0581. The van der Waals surface area contributed by atoms with Crippen molar-refractivity contribution in [3.8, 4) is 0 Å². The molecule has 4 nitrogen and oxygen atoms in total. The molecule has 5 heteroatoms. The zero-order chi connectivity index (χ0) is 13.1. The number of hydrogen-bond acceptors (Lipinski definition) is 2. The number of aromatic nitrogens is 1. The topological polar surface area (TPSA) is 45.5 Å². The molecule has 0 radical (unpaired) electrons. The van der Waals surface area contributed by atoms with Crippen LogP contribution in [0.4, 0.5) is 0 Å². The Kier molecular flexibility index (Phi) is 4.09. The summed E-state index contributed by atoms with van der Waals surface area (Å²) in [6.45, 7) is 4.29. The van der Waals surface area contributed by atoms with Crippen LogP contribution in [0.2, 0.25) is 5.02 Å². The first kappa shape index (κ1) is 13.2. The molecular weight excluding hydrogens is 252 g/mol. The SMILES string of the molecule is C=CCN(CCO)C(=O)c1cc(Cl)cn1C1CC1. The lowest BCUT2D eigenvalue weighted by Crippen LogP contribution is -2.34. The van der Waals surface area contributed by atoms with Crippen molar-refractivity contribution >= 4 is 17.5 Å². The standard InChI is InChI=1S/C13H17ClN2O2/c1-2-5-15(6-7-17)13(18)12-8-10(14)9-16(12)11-3-4-11/h2,8-9,11,17H,1,3-7H2. The van der Waals surface area contributed by atoms with Crippen molar-refractivity contribution in [3.63, 3.8) is 0 Å². The van der Waals surface area contributed by atoms with Crippen LogP contribution in [-0.2, 0) is 0 Å². The van der Waals surface area contributed by atoms with Gasteiger partial charge in [-0.15, -0.1) is 6.58 Å². The van der Waals surface area contributed by atoms with Gasteiger partial charge >= 0.3 is 0 Å². The van der Waals surface area contributed by atoms with E-state index in [1.807, 2.05) is 4.57 Å². The normalized spacial score (nSPS) is 14.6. The molecule has 0 bridgehead atoms. The third-order valence-corrected chi connectivity index (χ3v) is 3.19. The number of nitrogens with zero attached hydrogens (tertiary/aromatic N) is 2. The smallest absolute Gasteiger partial charge is 0.270 e. The summed E-state index contributed by atoms with van der Waals surface area (Å²) >= 11 is 5.98. The van der Waals surface area contributed by atoms with E-state index < -0.39 is 0 Å². The number of hydrogen-bond donors (Lipinski definition) is 1. The van der Waals surface area contributed by atoms with Gasteiger partial charge in [-0.2, -0.15) is 0 Å². The Labute approximate surface area is 111 Å². The summed E-state index contributed by atoms with van der Waals surface area (Å²) in [6, 6.07) is 2.09. The van der Waals surface area contributed by atoms with Crippen molar-refractivity contribution in [1.29, 1.82) is 0 Å². The van der Waals surface area contributed by atoms with Crippen LogP contribution in [0.3, 0.4) is 0 Å². The van der Waals surface area contributed by atoms with Crippen molar-refractivity contribution in [2.45, 2.75) is 18.9 Å². The second-order valence-corrected chi connectivity index (χ2v) is 4.88. The van der Waals surface area contributed by atoms with Gasteiger partial charge in [0.25, 0.3) is 5.91 Å². The molecule has 1 aliphatic rings. The highest BCUT2D eigenvalue weighted by Crippen LogP contribution is 2.37. The van der Waals surface area contributed by atoms with Gasteiger partial charge in [-0.3, -0.25) is 4.79 Å². The van der Waals surface area contributed by atoms with Crippen LogP contribution in [0.25, 0.3) is 0 Å². The molecule has 0 saturated heterocycles. The lowest BCUT2D eigenvalue weighted by Gasteiger charge is -2.20. The minimum atomic E-state index is -0.109. The zero-order valence-corrected chi connectivity index (χ0v) is 10.9. The van der Waals surface area contributed by atoms with E-state index in [1.54, 1.807) is 23.2 Å². The molecule has 1 aliphatic carbocycles. The summed E-state index contributed by atoms with van der Waals surface area (Å²) in [7, 11) is 0. The van der Waals surface area contributed by atoms with Gasteiger partial charge in [0.05, 0.1) is 11.6 Å². The van der Waals surface area contributed by atoms with E-state index in [0.29, 0.717) is 29.8 Å². The van der Waals surface area contributed by atoms with Gasteiger partial charge in [0.2, 0.25) is 0 Å². The van der Waals surface area contributed by atoms with Gasteiger partial charge in [0.1, 0.15) is 5.69 Å². The summed E-state index contributed by atoms with van der Waals surface area (Å²) in [5.41, 5.74) is 0.595. The van der Waals surface area contributed by atoms with Crippen molar-refractivity contribution in [1.82, 2.24) is 9.47 Å². The van der Waals surface area contributed by atoms with Gasteiger partial charge < -0.3 is 14.6 Å². The highest BCUT2D eigenvalue weighted by atomic mass is 35.5. The number of aliphatic hydroxyl groups is 1. The molecule has 1 fully saturated rings. The molecule has 0 aromatic carbocycles. The molecule has 1 amide bonds. The van der Waals surface area contributed by atoms with E-state index in [-0.39, 0.29) is 12.5 Å². The molecule has 1 aromatic rings. The van der Waals surface area contributed by atoms with Crippen LogP contribution < -0.4 is 0 Å². The highest BCUT2D eigenvalue weighted by molar-refractivity contribution is 6.31. The van der Waals surface area contributed by atoms with Crippen LogP contribution in [0.15, 0.2) is 24.9 Å². The summed E-state index contributed by atoms with van der Waals surface area (Å²) in [6.07, 6.45) is 5.64. The maximum Gasteiger partial charge on any atom is 0.270 e. The number of amides is 1. The molecule has 2 rings (SSSR count). The Hall–Kier alpha value is -1.26. The first-order valence-electron chi connectivity index (χ1n) is 6.05. The monoisotopic (exact) mass is 268 g/mol. The lowest BCUT2D eigenvalue weighted by atomic mass is 10.3. The number of carbonyl (C=O) groups is 1. The average Bonchev–Trinajstić information content (AvgIpc) is 3.11. The number of rotatable bonds is 6. The predicted molar refractivity (Wildman–Crippen MR) is 70.9 cm³/mol. The molecular formula is C13H17ClN2O2. The third-order valence-electron chi connectivity index (χ3n) is 2.98. The fourth-order valence-electron chi connectivity index (χ4n) is 1.99. The fourth-order valence-corrected chi connectivity index (χ4v) is 2.19. The van der Waals surface area contributed by atoms with Gasteiger partial charge in [0, 0.05) is 25.3 Å².